The Balaban J connectivity index is 2.25. The number of rotatable bonds is 4. The summed E-state index contributed by atoms with van der Waals surface area (Å²) < 4.78 is 18.9. The third-order valence-corrected chi connectivity index (χ3v) is 2.66. The molecule has 2 aromatic rings. The van der Waals surface area contributed by atoms with Crippen LogP contribution in [-0.4, -0.2) is 12.0 Å². The highest BCUT2D eigenvalue weighted by molar-refractivity contribution is 6.30. The molecule has 0 fully saturated rings. The second-order valence-electron chi connectivity index (χ2n) is 3.69. The lowest BCUT2D eigenvalue weighted by atomic mass is 10.2. The van der Waals surface area contributed by atoms with Crippen molar-refractivity contribution in [3.05, 3.63) is 53.1 Å². The average molecular weight is 267 g/mol. The lowest BCUT2D eigenvalue weighted by molar-refractivity contribution is 0.466. The standard InChI is InChI=1S/C13H12ClFN2O/c1-16-7-9-4-5-17-8-13(9)18-10-2-3-11(14)12(15)6-10/h2-6,8,16H,7H2,1H3. The van der Waals surface area contributed by atoms with Crippen molar-refractivity contribution in [2.75, 3.05) is 7.05 Å². The molecule has 0 saturated carbocycles. The molecule has 0 bridgehead atoms. The van der Waals surface area contributed by atoms with Crippen LogP contribution in [0.3, 0.4) is 0 Å². The molecule has 0 radical (unpaired) electrons. The molecule has 1 aromatic heterocycles. The van der Waals surface area contributed by atoms with Crippen molar-refractivity contribution in [2.24, 2.45) is 0 Å². The smallest absolute Gasteiger partial charge is 0.150 e. The Morgan fingerprint density at radius 1 is 1.39 bits per heavy atom. The maximum Gasteiger partial charge on any atom is 0.150 e. The maximum atomic E-state index is 13.3. The van der Waals surface area contributed by atoms with E-state index in [4.69, 9.17) is 16.3 Å². The largest absolute Gasteiger partial charge is 0.455 e. The number of aromatic nitrogens is 1. The Kier molecular flexibility index (Phi) is 4.12. The molecule has 0 unspecified atom stereocenters. The SMILES string of the molecule is CNCc1ccncc1Oc1ccc(Cl)c(F)c1. The van der Waals surface area contributed by atoms with E-state index >= 15 is 0 Å². The van der Waals surface area contributed by atoms with Crippen molar-refractivity contribution in [1.82, 2.24) is 10.3 Å². The third kappa shape index (κ3) is 2.97. The maximum absolute atomic E-state index is 13.3. The van der Waals surface area contributed by atoms with Crippen LogP contribution in [0.25, 0.3) is 0 Å². The molecular weight excluding hydrogens is 255 g/mol. The van der Waals surface area contributed by atoms with E-state index in [1.165, 1.54) is 12.1 Å². The van der Waals surface area contributed by atoms with Crippen molar-refractivity contribution < 1.29 is 9.13 Å². The van der Waals surface area contributed by atoms with E-state index < -0.39 is 5.82 Å². The number of ether oxygens (including phenoxy) is 1. The number of benzene rings is 1. The zero-order chi connectivity index (χ0) is 13.0. The highest BCUT2D eigenvalue weighted by Crippen LogP contribution is 2.27. The fraction of sp³-hybridized carbons (Fsp3) is 0.154. The second-order valence-corrected chi connectivity index (χ2v) is 4.10. The third-order valence-electron chi connectivity index (χ3n) is 2.36. The minimum atomic E-state index is -0.506. The van der Waals surface area contributed by atoms with Crippen LogP contribution < -0.4 is 10.1 Å². The van der Waals surface area contributed by atoms with Crippen LogP contribution in [0.5, 0.6) is 11.5 Å². The topological polar surface area (TPSA) is 34.2 Å². The first-order chi connectivity index (χ1) is 8.70. The van der Waals surface area contributed by atoms with Gasteiger partial charge in [0, 0.05) is 24.4 Å². The lowest BCUT2D eigenvalue weighted by Crippen LogP contribution is -2.06. The molecule has 0 spiro atoms. The van der Waals surface area contributed by atoms with Gasteiger partial charge in [-0.2, -0.15) is 0 Å². The number of nitrogens with one attached hydrogen (secondary N) is 1. The average Bonchev–Trinajstić information content (AvgIpc) is 2.37. The Morgan fingerprint density at radius 2 is 2.22 bits per heavy atom. The molecule has 94 valence electrons. The molecule has 18 heavy (non-hydrogen) atoms. The van der Waals surface area contributed by atoms with Crippen LogP contribution in [0.2, 0.25) is 5.02 Å². The summed E-state index contributed by atoms with van der Waals surface area (Å²) in [5.74, 6) is 0.476. The molecule has 1 heterocycles. The molecule has 0 amide bonds. The molecule has 0 aliphatic heterocycles. The molecule has 0 saturated heterocycles. The summed E-state index contributed by atoms with van der Waals surface area (Å²) in [6, 6.07) is 6.17. The van der Waals surface area contributed by atoms with Gasteiger partial charge in [-0.25, -0.2) is 4.39 Å². The molecule has 0 aliphatic carbocycles. The highest BCUT2D eigenvalue weighted by atomic mass is 35.5. The number of nitrogens with zero attached hydrogens (tertiary/aromatic N) is 1. The van der Waals surface area contributed by atoms with Gasteiger partial charge in [0.05, 0.1) is 11.2 Å². The summed E-state index contributed by atoms with van der Waals surface area (Å²) in [4.78, 5) is 3.99. The normalized spacial score (nSPS) is 10.4. The first kappa shape index (κ1) is 12.8. The van der Waals surface area contributed by atoms with Gasteiger partial charge >= 0.3 is 0 Å². The summed E-state index contributed by atoms with van der Waals surface area (Å²) >= 11 is 5.61. The van der Waals surface area contributed by atoms with Crippen molar-refractivity contribution in [3.63, 3.8) is 0 Å². The summed E-state index contributed by atoms with van der Waals surface area (Å²) in [7, 11) is 1.84. The van der Waals surface area contributed by atoms with Crippen molar-refractivity contribution in [1.29, 1.82) is 0 Å². The molecular formula is C13H12ClFN2O. The van der Waals surface area contributed by atoms with Gasteiger partial charge in [-0.05, 0) is 25.2 Å². The molecule has 1 N–H and O–H groups in total. The monoisotopic (exact) mass is 266 g/mol. The summed E-state index contributed by atoms with van der Waals surface area (Å²) in [6.45, 7) is 0.647. The molecule has 3 nitrogen and oxygen atoms in total. The Bertz CT molecular complexity index is 548. The van der Waals surface area contributed by atoms with Crippen LogP contribution in [-0.2, 0) is 6.54 Å². The van der Waals surface area contributed by atoms with Crippen LogP contribution in [0.15, 0.2) is 36.7 Å². The number of hydrogen-bond donors (Lipinski definition) is 1. The minimum absolute atomic E-state index is 0.0731. The first-order valence-electron chi connectivity index (χ1n) is 5.41. The zero-order valence-corrected chi connectivity index (χ0v) is 10.5. The molecule has 2 rings (SSSR count). The minimum Gasteiger partial charge on any atom is -0.455 e. The molecule has 0 atom stereocenters. The Hall–Kier alpha value is -1.65. The van der Waals surface area contributed by atoms with Gasteiger partial charge in [-0.15, -0.1) is 0 Å². The Morgan fingerprint density at radius 3 is 2.94 bits per heavy atom. The quantitative estimate of drug-likeness (QED) is 0.921. The second kappa shape index (κ2) is 5.80. The van der Waals surface area contributed by atoms with E-state index in [0.717, 1.165) is 5.56 Å². The van der Waals surface area contributed by atoms with E-state index in [1.54, 1.807) is 18.5 Å². The predicted molar refractivity (Wildman–Crippen MR) is 68.5 cm³/mol. The first-order valence-corrected chi connectivity index (χ1v) is 5.79. The predicted octanol–water partition coefficient (Wildman–Crippen LogP) is 3.39. The van der Waals surface area contributed by atoms with E-state index in [2.05, 4.69) is 10.3 Å². The van der Waals surface area contributed by atoms with Gasteiger partial charge in [0.1, 0.15) is 17.3 Å². The van der Waals surface area contributed by atoms with Gasteiger partial charge in [0.15, 0.2) is 0 Å². The van der Waals surface area contributed by atoms with Gasteiger partial charge in [-0.1, -0.05) is 11.6 Å². The number of pyridine rings is 1. The van der Waals surface area contributed by atoms with Gasteiger partial charge in [0.25, 0.3) is 0 Å². The van der Waals surface area contributed by atoms with E-state index in [-0.39, 0.29) is 5.02 Å². The number of halogens is 2. The van der Waals surface area contributed by atoms with Crippen molar-refractivity contribution in [3.8, 4) is 11.5 Å². The number of hydrogen-bond acceptors (Lipinski definition) is 3. The molecule has 1 aromatic carbocycles. The fourth-order valence-corrected chi connectivity index (χ4v) is 1.62. The highest BCUT2D eigenvalue weighted by Gasteiger charge is 2.06. The van der Waals surface area contributed by atoms with Crippen LogP contribution >= 0.6 is 11.6 Å². The fourth-order valence-electron chi connectivity index (χ4n) is 1.50. The van der Waals surface area contributed by atoms with Crippen LogP contribution in [0, 0.1) is 5.82 Å². The van der Waals surface area contributed by atoms with E-state index in [9.17, 15) is 4.39 Å². The van der Waals surface area contributed by atoms with E-state index in [1.807, 2.05) is 13.1 Å². The zero-order valence-electron chi connectivity index (χ0n) is 9.78. The summed E-state index contributed by atoms with van der Waals surface area (Å²) in [5.41, 5.74) is 0.947. The van der Waals surface area contributed by atoms with Crippen LogP contribution in [0.1, 0.15) is 5.56 Å². The molecule has 0 aliphatic rings. The van der Waals surface area contributed by atoms with Gasteiger partial charge in [-0.3, -0.25) is 4.98 Å². The van der Waals surface area contributed by atoms with E-state index in [0.29, 0.717) is 18.0 Å². The van der Waals surface area contributed by atoms with Crippen molar-refractivity contribution >= 4 is 11.6 Å². The summed E-state index contributed by atoms with van der Waals surface area (Å²) in [5, 5.41) is 3.10. The molecule has 5 heteroatoms. The Labute approximate surface area is 110 Å². The van der Waals surface area contributed by atoms with Gasteiger partial charge < -0.3 is 10.1 Å². The summed E-state index contributed by atoms with van der Waals surface area (Å²) in [6.07, 6.45) is 3.28. The van der Waals surface area contributed by atoms with Gasteiger partial charge in [0.2, 0.25) is 0 Å². The van der Waals surface area contributed by atoms with Crippen LogP contribution in [0.4, 0.5) is 4.39 Å². The van der Waals surface area contributed by atoms with Crippen molar-refractivity contribution in [2.45, 2.75) is 6.54 Å². The lowest BCUT2D eigenvalue weighted by Gasteiger charge is -2.10.